The van der Waals surface area contributed by atoms with E-state index < -0.39 is 0 Å². The third-order valence-corrected chi connectivity index (χ3v) is 10.7. The smallest absolute Gasteiger partial charge is 0.184 e. The van der Waals surface area contributed by atoms with Crippen molar-refractivity contribution in [1.82, 2.24) is 0 Å². The Balaban J connectivity index is 1.54. The summed E-state index contributed by atoms with van der Waals surface area (Å²) in [4.78, 5) is 12.6. The highest BCUT2D eigenvalue weighted by atomic mass is 16.7. The van der Waals surface area contributed by atoms with E-state index >= 15 is 0 Å². The summed E-state index contributed by atoms with van der Waals surface area (Å²) in [5, 5.41) is 9.81. The molecule has 8 atom stereocenters. The molecule has 6 heteroatoms. The molecule has 4 aliphatic carbocycles. The summed E-state index contributed by atoms with van der Waals surface area (Å²) in [6.45, 7) is 7.48. The van der Waals surface area contributed by atoms with Crippen LogP contribution in [-0.2, 0) is 23.7 Å². The summed E-state index contributed by atoms with van der Waals surface area (Å²) in [5.74, 6) is 1.97. The topological polar surface area (TPSA) is 74.2 Å². The fourth-order valence-corrected chi connectivity index (χ4v) is 9.47. The van der Waals surface area contributed by atoms with E-state index in [1.807, 2.05) is 13.2 Å². The van der Waals surface area contributed by atoms with Crippen LogP contribution in [0.2, 0.25) is 0 Å². The number of aliphatic hydroxyl groups is 1. The number of hydrogen-bond acceptors (Lipinski definition) is 6. The lowest BCUT2D eigenvalue weighted by Gasteiger charge is -2.61. The van der Waals surface area contributed by atoms with Crippen LogP contribution in [0.5, 0.6) is 0 Å². The van der Waals surface area contributed by atoms with Crippen molar-refractivity contribution in [3.63, 3.8) is 0 Å². The third-order valence-electron chi connectivity index (χ3n) is 10.7. The molecule has 6 nitrogen and oxygen atoms in total. The zero-order valence-corrected chi connectivity index (χ0v) is 21.3. The molecule has 3 saturated carbocycles. The number of carbonyl (C=O) groups excluding carboxylic acids is 1. The summed E-state index contributed by atoms with van der Waals surface area (Å²) in [5.41, 5.74) is 1.84. The van der Waals surface area contributed by atoms with Crippen molar-refractivity contribution in [3.8, 4) is 0 Å². The predicted molar refractivity (Wildman–Crippen MR) is 128 cm³/mol. The summed E-state index contributed by atoms with van der Waals surface area (Å²) in [6.07, 6.45) is 10.1. The molecule has 1 saturated heterocycles. The van der Waals surface area contributed by atoms with Gasteiger partial charge in [-0.2, -0.15) is 0 Å². The van der Waals surface area contributed by atoms with Gasteiger partial charge in [0.05, 0.1) is 25.6 Å². The van der Waals surface area contributed by atoms with Crippen molar-refractivity contribution in [2.75, 3.05) is 40.8 Å². The van der Waals surface area contributed by atoms with Gasteiger partial charge in [0, 0.05) is 31.8 Å². The summed E-state index contributed by atoms with van der Waals surface area (Å²) >= 11 is 0. The SMILES string of the molecule is COCOC1CC2(C)C(CCC2C2(COC)CCOC2)C2CCC3=CC(=O)/C(=C\O)CC3(C)C12. The van der Waals surface area contributed by atoms with Gasteiger partial charge in [-0.05, 0) is 85.5 Å². The molecule has 0 spiro atoms. The highest BCUT2D eigenvalue weighted by molar-refractivity contribution is 6.05. The molecule has 4 fully saturated rings. The molecular formula is C28H42O6. The highest BCUT2D eigenvalue weighted by Crippen LogP contribution is 2.70. The summed E-state index contributed by atoms with van der Waals surface area (Å²) in [6, 6.07) is 0. The quantitative estimate of drug-likeness (QED) is 0.337. The number of carbonyl (C=O) groups is 1. The fourth-order valence-electron chi connectivity index (χ4n) is 9.47. The number of ether oxygens (including phenoxy) is 4. The van der Waals surface area contributed by atoms with Crippen LogP contribution < -0.4 is 0 Å². The molecule has 0 amide bonds. The van der Waals surface area contributed by atoms with E-state index in [0.717, 1.165) is 51.8 Å². The van der Waals surface area contributed by atoms with E-state index in [1.165, 1.54) is 18.4 Å². The van der Waals surface area contributed by atoms with Gasteiger partial charge in [-0.3, -0.25) is 4.79 Å². The summed E-state index contributed by atoms with van der Waals surface area (Å²) in [7, 11) is 3.51. The number of aliphatic hydroxyl groups excluding tert-OH is 1. The molecule has 1 aliphatic heterocycles. The number of rotatable bonds is 6. The maximum absolute atomic E-state index is 12.6. The first kappa shape index (κ1) is 24.5. The molecule has 0 aromatic heterocycles. The van der Waals surface area contributed by atoms with Crippen molar-refractivity contribution in [2.45, 2.75) is 64.9 Å². The monoisotopic (exact) mass is 474 g/mol. The van der Waals surface area contributed by atoms with E-state index in [2.05, 4.69) is 13.8 Å². The first-order valence-electron chi connectivity index (χ1n) is 13.1. The second-order valence-corrected chi connectivity index (χ2v) is 12.2. The van der Waals surface area contributed by atoms with Gasteiger partial charge in [0.2, 0.25) is 0 Å². The van der Waals surface area contributed by atoms with Crippen LogP contribution >= 0.6 is 0 Å². The molecule has 8 unspecified atom stereocenters. The second-order valence-electron chi connectivity index (χ2n) is 12.2. The van der Waals surface area contributed by atoms with Gasteiger partial charge in [-0.1, -0.05) is 19.4 Å². The minimum atomic E-state index is -0.177. The normalized spacial score (nSPS) is 47.3. The maximum atomic E-state index is 12.6. The zero-order chi connectivity index (χ0) is 24.1. The molecule has 1 heterocycles. The van der Waals surface area contributed by atoms with E-state index in [-0.39, 0.29) is 34.9 Å². The second kappa shape index (κ2) is 9.02. The summed E-state index contributed by atoms with van der Waals surface area (Å²) < 4.78 is 23.7. The van der Waals surface area contributed by atoms with Crippen molar-refractivity contribution in [2.24, 2.45) is 39.9 Å². The number of fused-ring (bicyclic) bond motifs is 5. The Morgan fingerprint density at radius 3 is 2.71 bits per heavy atom. The van der Waals surface area contributed by atoms with Crippen LogP contribution in [-0.4, -0.2) is 57.8 Å². The first-order chi connectivity index (χ1) is 16.3. The van der Waals surface area contributed by atoms with E-state index in [9.17, 15) is 9.90 Å². The van der Waals surface area contributed by atoms with Gasteiger partial charge < -0.3 is 24.1 Å². The molecule has 190 valence electrons. The van der Waals surface area contributed by atoms with E-state index in [1.54, 1.807) is 7.11 Å². The number of allylic oxidation sites excluding steroid dienone is 2. The zero-order valence-electron chi connectivity index (χ0n) is 21.3. The van der Waals surface area contributed by atoms with Crippen LogP contribution in [0.25, 0.3) is 0 Å². The van der Waals surface area contributed by atoms with Crippen molar-refractivity contribution in [3.05, 3.63) is 23.5 Å². The third kappa shape index (κ3) is 3.55. The van der Waals surface area contributed by atoms with Crippen molar-refractivity contribution >= 4 is 5.78 Å². The molecule has 0 aromatic carbocycles. The minimum absolute atomic E-state index is 0.0351. The molecular weight excluding hydrogens is 432 g/mol. The fraction of sp³-hybridized carbons (Fsp3) is 0.821. The van der Waals surface area contributed by atoms with Gasteiger partial charge in [0.25, 0.3) is 0 Å². The highest BCUT2D eigenvalue weighted by Gasteiger charge is 2.66. The number of ketones is 1. The standard InChI is InChI=1S/C28H42O6/c1-26-12-18(14-29)22(30)11-19(26)5-6-20-21-7-8-24(28(15-31-3)9-10-33-16-28)27(21,2)13-23(25(20)26)34-17-32-4/h11,14,20-21,23-25,29H,5-10,12-13,15-17H2,1-4H3/b18-14-. The molecule has 1 N–H and O–H groups in total. The minimum Gasteiger partial charge on any atom is -0.515 e. The first-order valence-corrected chi connectivity index (χ1v) is 13.1. The molecule has 0 aromatic rings. The Morgan fingerprint density at radius 1 is 1.21 bits per heavy atom. The predicted octanol–water partition coefficient (Wildman–Crippen LogP) is 4.84. The largest absolute Gasteiger partial charge is 0.515 e. The Morgan fingerprint density at radius 2 is 2.03 bits per heavy atom. The Kier molecular flexibility index (Phi) is 6.50. The van der Waals surface area contributed by atoms with Crippen LogP contribution in [0.1, 0.15) is 58.8 Å². The van der Waals surface area contributed by atoms with Crippen LogP contribution in [0.4, 0.5) is 0 Å². The van der Waals surface area contributed by atoms with Crippen molar-refractivity contribution < 1.29 is 28.8 Å². The van der Waals surface area contributed by atoms with Gasteiger partial charge in [-0.15, -0.1) is 0 Å². The van der Waals surface area contributed by atoms with Gasteiger partial charge in [0.15, 0.2) is 5.78 Å². The Bertz CT molecular complexity index is 857. The van der Waals surface area contributed by atoms with E-state index in [0.29, 0.717) is 35.7 Å². The van der Waals surface area contributed by atoms with Gasteiger partial charge in [-0.25, -0.2) is 0 Å². The lowest BCUT2D eigenvalue weighted by atomic mass is 9.44. The average Bonchev–Trinajstić information content (AvgIpc) is 3.42. The van der Waals surface area contributed by atoms with Crippen LogP contribution in [0, 0.1) is 39.9 Å². The van der Waals surface area contributed by atoms with Crippen LogP contribution in [0.3, 0.4) is 0 Å². The molecule has 5 aliphatic rings. The number of hydrogen-bond donors (Lipinski definition) is 1. The Hall–Kier alpha value is -1.21. The lowest BCUT2D eigenvalue weighted by molar-refractivity contribution is -0.190. The molecule has 5 rings (SSSR count). The molecule has 0 radical (unpaired) electrons. The van der Waals surface area contributed by atoms with Gasteiger partial charge in [0.1, 0.15) is 6.79 Å². The van der Waals surface area contributed by atoms with Crippen molar-refractivity contribution in [1.29, 1.82) is 0 Å². The van der Waals surface area contributed by atoms with Crippen LogP contribution in [0.15, 0.2) is 23.5 Å². The maximum Gasteiger partial charge on any atom is 0.184 e. The molecule has 0 bridgehead atoms. The van der Waals surface area contributed by atoms with E-state index in [4.69, 9.17) is 18.9 Å². The lowest BCUT2D eigenvalue weighted by Crippen LogP contribution is -2.59. The average molecular weight is 475 g/mol. The Labute approximate surface area is 204 Å². The number of methoxy groups -OCH3 is 2. The van der Waals surface area contributed by atoms with Gasteiger partial charge >= 0.3 is 0 Å². The molecule has 34 heavy (non-hydrogen) atoms.